The number of hydrogen-bond donors (Lipinski definition) is 4. The van der Waals surface area contributed by atoms with E-state index in [0.717, 1.165) is 46.6 Å². The average molecular weight is 415 g/mol. The SMILES string of the molecule is CNC(=O)C1(Oc2ccc3nc(N[C@@H]4CCCC[C@H]4O)sc3c2C)C=CC=CN1. The van der Waals surface area contributed by atoms with Gasteiger partial charge in [0.1, 0.15) is 5.75 Å². The van der Waals surface area contributed by atoms with Crippen LogP contribution in [0.3, 0.4) is 0 Å². The van der Waals surface area contributed by atoms with Gasteiger partial charge in [-0.3, -0.25) is 4.79 Å². The van der Waals surface area contributed by atoms with E-state index in [2.05, 4.69) is 20.9 Å². The molecule has 2 heterocycles. The number of nitrogens with zero attached hydrogens (tertiary/aromatic N) is 1. The maximum atomic E-state index is 12.5. The van der Waals surface area contributed by atoms with Crippen LogP contribution in [0.4, 0.5) is 5.13 Å². The number of fused-ring (bicyclic) bond motifs is 1. The first-order valence-corrected chi connectivity index (χ1v) is 10.7. The first-order chi connectivity index (χ1) is 14.0. The molecule has 1 amide bonds. The maximum Gasteiger partial charge on any atom is 0.289 e. The number of nitrogens with one attached hydrogen (secondary N) is 3. The Balaban J connectivity index is 1.61. The summed E-state index contributed by atoms with van der Waals surface area (Å²) in [4.78, 5) is 17.2. The van der Waals surface area contributed by atoms with Crippen molar-refractivity contribution in [2.24, 2.45) is 0 Å². The summed E-state index contributed by atoms with van der Waals surface area (Å²) in [5.41, 5.74) is 0.499. The van der Waals surface area contributed by atoms with E-state index < -0.39 is 5.72 Å². The molecule has 2 aromatic rings. The van der Waals surface area contributed by atoms with Crippen molar-refractivity contribution in [2.45, 2.75) is 50.5 Å². The number of rotatable bonds is 5. The molecule has 1 saturated carbocycles. The summed E-state index contributed by atoms with van der Waals surface area (Å²) in [5, 5.41) is 20.1. The van der Waals surface area contributed by atoms with Gasteiger partial charge in [-0.2, -0.15) is 0 Å². The summed E-state index contributed by atoms with van der Waals surface area (Å²) in [7, 11) is 1.58. The standard InChI is InChI=1S/C21H26N4O3S/c1-13-17(28-21(19(27)22-2)11-5-6-12-23-21)10-9-15-18(13)29-20(25-15)24-14-7-3-4-8-16(14)26/h5-6,9-12,14,16,23,26H,3-4,7-8H2,1-2H3,(H,22,27)(H,24,25)/t14-,16-,21?/m1/s1. The molecule has 2 aliphatic rings. The molecule has 8 heteroatoms. The van der Waals surface area contributed by atoms with Gasteiger partial charge in [0.25, 0.3) is 11.6 Å². The normalized spacial score (nSPS) is 26.2. The lowest BCUT2D eigenvalue weighted by Gasteiger charge is -2.32. The van der Waals surface area contributed by atoms with Crippen LogP contribution in [0.5, 0.6) is 5.75 Å². The molecule has 7 nitrogen and oxygen atoms in total. The van der Waals surface area contributed by atoms with Gasteiger partial charge in [-0.1, -0.05) is 30.3 Å². The second-order valence-electron chi connectivity index (χ2n) is 7.44. The number of ether oxygens (including phenoxy) is 1. The van der Waals surface area contributed by atoms with Crippen molar-refractivity contribution in [3.05, 3.63) is 42.1 Å². The summed E-state index contributed by atoms with van der Waals surface area (Å²) in [6.07, 6.45) is 10.6. The fourth-order valence-corrected chi connectivity index (χ4v) is 4.81. The predicted molar refractivity (Wildman–Crippen MR) is 115 cm³/mol. The van der Waals surface area contributed by atoms with Crippen LogP contribution in [0, 0.1) is 6.92 Å². The van der Waals surface area contributed by atoms with Crippen LogP contribution < -0.4 is 20.7 Å². The minimum Gasteiger partial charge on any atom is -0.455 e. The van der Waals surface area contributed by atoms with Crippen LogP contribution in [0.15, 0.2) is 36.6 Å². The molecule has 154 valence electrons. The van der Waals surface area contributed by atoms with E-state index in [4.69, 9.17) is 4.74 Å². The quantitative estimate of drug-likeness (QED) is 0.601. The summed E-state index contributed by atoms with van der Waals surface area (Å²) in [5.74, 6) is 0.331. The number of carbonyl (C=O) groups excluding carboxylic acids is 1. The smallest absolute Gasteiger partial charge is 0.289 e. The maximum absolute atomic E-state index is 12.5. The number of aryl methyl sites for hydroxylation is 1. The van der Waals surface area contributed by atoms with Crippen LogP contribution >= 0.6 is 11.3 Å². The third-order valence-electron chi connectivity index (χ3n) is 5.47. The molecule has 1 aromatic carbocycles. The Morgan fingerprint density at radius 2 is 2.17 bits per heavy atom. The molecule has 1 aliphatic carbocycles. The fraction of sp³-hybridized carbons (Fsp3) is 0.429. The number of benzene rings is 1. The second kappa shape index (κ2) is 8.04. The Kier molecular flexibility index (Phi) is 5.47. The van der Waals surface area contributed by atoms with Crippen molar-refractivity contribution in [2.75, 3.05) is 12.4 Å². The number of amides is 1. The van der Waals surface area contributed by atoms with E-state index in [0.29, 0.717) is 5.75 Å². The zero-order chi connectivity index (χ0) is 20.4. The first kappa shape index (κ1) is 19.7. The van der Waals surface area contributed by atoms with Gasteiger partial charge in [0, 0.05) is 18.8 Å². The number of aliphatic hydroxyl groups is 1. The molecule has 1 aromatic heterocycles. The number of thiazole rings is 1. The van der Waals surface area contributed by atoms with E-state index in [-0.39, 0.29) is 18.1 Å². The molecule has 4 rings (SSSR count). The molecule has 0 spiro atoms. The molecular formula is C21H26N4O3S. The lowest BCUT2D eigenvalue weighted by molar-refractivity contribution is -0.134. The molecule has 3 atom stereocenters. The van der Waals surface area contributed by atoms with Crippen molar-refractivity contribution < 1.29 is 14.6 Å². The van der Waals surface area contributed by atoms with Gasteiger partial charge < -0.3 is 25.8 Å². The second-order valence-corrected chi connectivity index (χ2v) is 8.44. The van der Waals surface area contributed by atoms with E-state index in [1.165, 1.54) is 0 Å². The Hall–Kier alpha value is -2.58. The van der Waals surface area contributed by atoms with E-state index >= 15 is 0 Å². The van der Waals surface area contributed by atoms with E-state index in [1.54, 1.807) is 42.8 Å². The van der Waals surface area contributed by atoms with Crippen LogP contribution in [0.2, 0.25) is 0 Å². The summed E-state index contributed by atoms with van der Waals surface area (Å²) in [6.45, 7) is 1.97. The number of carbonyl (C=O) groups is 1. The van der Waals surface area contributed by atoms with Crippen molar-refractivity contribution in [3.8, 4) is 5.75 Å². The number of dihydropyridines is 1. The van der Waals surface area contributed by atoms with Crippen LogP contribution in [0.25, 0.3) is 10.2 Å². The Morgan fingerprint density at radius 1 is 1.34 bits per heavy atom. The molecule has 4 N–H and O–H groups in total. The highest BCUT2D eigenvalue weighted by Gasteiger charge is 2.38. The number of likely N-dealkylation sites (N-methyl/N-ethyl adjacent to an activating group) is 1. The number of aromatic nitrogens is 1. The molecular weight excluding hydrogens is 388 g/mol. The summed E-state index contributed by atoms with van der Waals surface area (Å²) >= 11 is 1.54. The van der Waals surface area contributed by atoms with Crippen LogP contribution in [0.1, 0.15) is 31.2 Å². The minimum absolute atomic E-state index is 0.0419. The van der Waals surface area contributed by atoms with Crippen LogP contribution in [-0.2, 0) is 4.79 Å². The number of aliphatic hydroxyl groups excluding tert-OH is 1. The highest BCUT2D eigenvalue weighted by atomic mass is 32.1. The Bertz CT molecular complexity index is 970. The van der Waals surface area contributed by atoms with Crippen molar-refractivity contribution in [1.82, 2.24) is 15.6 Å². The molecule has 0 radical (unpaired) electrons. The van der Waals surface area contributed by atoms with Crippen molar-refractivity contribution in [3.63, 3.8) is 0 Å². The third-order valence-corrected chi connectivity index (χ3v) is 6.59. The number of anilines is 1. The third kappa shape index (κ3) is 3.82. The largest absolute Gasteiger partial charge is 0.455 e. The van der Waals surface area contributed by atoms with Gasteiger partial charge in [0.15, 0.2) is 5.13 Å². The van der Waals surface area contributed by atoms with Gasteiger partial charge in [-0.25, -0.2) is 4.98 Å². The zero-order valence-corrected chi connectivity index (χ0v) is 17.4. The summed E-state index contributed by atoms with van der Waals surface area (Å²) < 4.78 is 7.17. The predicted octanol–water partition coefficient (Wildman–Crippen LogP) is 2.81. The monoisotopic (exact) mass is 414 g/mol. The molecule has 29 heavy (non-hydrogen) atoms. The number of hydrogen-bond acceptors (Lipinski definition) is 7. The van der Waals surface area contributed by atoms with Gasteiger partial charge in [0.2, 0.25) is 0 Å². The van der Waals surface area contributed by atoms with Gasteiger partial charge in [-0.15, -0.1) is 0 Å². The summed E-state index contributed by atoms with van der Waals surface area (Å²) in [6, 6.07) is 3.78. The highest BCUT2D eigenvalue weighted by molar-refractivity contribution is 7.22. The van der Waals surface area contributed by atoms with Gasteiger partial charge >= 0.3 is 0 Å². The fourth-order valence-electron chi connectivity index (χ4n) is 3.79. The van der Waals surface area contributed by atoms with E-state index in [9.17, 15) is 9.90 Å². The topological polar surface area (TPSA) is 95.5 Å². The molecule has 1 fully saturated rings. The van der Waals surface area contributed by atoms with E-state index in [1.807, 2.05) is 19.1 Å². The van der Waals surface area contributed by atoms with Gasteiger partial charge in [-0.05, 0) is 44.1 Å². The first-order valence-electron chi connectivity index (χ1n) is 9.90. The minimum atomic E-state index is -1.29. The lowest BCUT2D eigenvalue weighted by Crippen LogP contribution is -2.58. The van der Waals surface area contributed by atoms with Crippen molar-refractivity contribution >= 4 is 32.6 Å². The average Bonchev–Trinajstić information content (AvgIpc) is 3.15. The zero-order valence-electron chi connectivity index (χ0n) is 16.6. The molecule has 0 bridgehead atoms. The molecule has 1 unspecified atom stereocenters. The lowest BCUT2D eigenvalue weighted by atomic mass is 9.93. The molecule has 1 aliphatic heterocycles. The number of allylic oxidation sites excluding steroid dienone is 2. The molecule has 0 saturated heterocycles. The van der Waals surface area contributed by atoms with Crippen LogP contribution in [-0.4, -0.2) is 40.9 Å². The Labute approximate surface area is 173 Å². The van der Waals surface area contributed by atoms with Crippen molar-refractivity contribution in [1.29, 1.82) is 0 Å². The Morgan fingerprint density at radius 3 is 2.90 bits per heavy atom. The highest BCUT2D eigenvalue weighted by Crippen LogP contribution is 2.36. The van der Waals surface area contributed by atoms with Gasteiger partial charge in [0.05, 0.1) is 22.4 Å².